The maximum absolute atomic E-state index is 10.1. The van der Waals surface area contributed by atoms with E-state index in [4.69, 9.17) is 10.2 Å². The topological polar surface area (TPSA) is 78.3 Å². The lowest BCUT2D eigenvalue weighted by molar-refractivity contribution is 0.0734. The van der Waals surface area contributed by atoms with E-state index in [1.165, 1.54) is 23.1 Å². The van der Waals surface area contributed by atoms with Gasteiger partial charge in [-0.05, 0) is 64.0 Å². The van der Waals surface area contributed by atoms with Crippen LogP contribution < -0.4 is 9.80 Å². The summed E-state index contributed by atoms with van der Waals surface area (Å²) >= 11 is 0. The Morgan fingerprint density at radius 1 is 1.06 bits per heavy atom. The Morgan fingerprint density at radius 2 is 1.91 bits per heavy atom. The van der Waals surface area contributed by atoms with Crippen LogP contribution >= 0.6 is 0 Å². The monoisotopic (exact) mass is 446 g/mol. The Hall–Kier alpha value is -2.80. The molecular formula is C26H34N6O. The minimum Gasteiger partial charge on any atom is -0.384 e. The van der Waals surface area contributed by atoms with Crippen LogP contribution in [0.1, 0.15) is 62.5 Å². The van der Waals surface area contributed by atoms with Crippen LogP contribution in [0.15, 0.2) is 36.2 Å². The second-order valence-electron chi connectivity index (χ2n) is 10.0. The molecule has 1 N–H and O–H groups in total. The van der Waals surface area contributed by atoms with Crippen LogP contribution in [0.5, 0.6) is 0 Å². The van der Waals surface area contributed by atoms with Crippen molar-refractivity contribution < 1.29 is 5.11 Å². The van der Waals surface area contributed by atoms with Crippen molar-refractivity contribution >= 4 is 11.6 Å². The molecule has 2 aromatic rings. The maximum Gasteiger partial charge on any atom is 0.154 e. The smallest absolute Gasteiger partial charge is 0.154 e. The zero-order valence-corrected chi connectivity index (χ0v) is 20.0. The first kappa shape index (κ1) is 22.0. The van der Waals surface area contributed by atoms with Gasteiger partial charge in [0, 0.05) is 37.7 Å². The van der Waals surface area contributed by atoms with Crippen molar-refractivity contribution in [3.8, 4) is 0 Å². The lowest BCUT2D eigenvalue weighted by Gasteiger charge is -2.41. The van der Waals surface area contributed by atoms with E-state index in [2.05, 4.69) is 44.9 Å². The molecule has 3 heterocycles. The molecule has 1 aliphatic heterocycles. The van der Waals surface area contributed by atoms with Gasteiger partial charge in [-0.1, -0.05) is 18.2 Å². The second-order valence-corrected chi connectivity index (χ2v) is 10.0. The van der Waals surface area contributed by atoms with Gasteiger partial charge in [0.2, 0.25) is 0 Å². The van der Waals surface area contributed by atoms with E-state index in [1.807, 2.05) is 0 Å². The first-order valence-corrected chi connectivity index (χ1v) is 12.2. The summed E-state index contributed by atoms with van der Waals surface area (Å²) in [4.78, 5) is 13.7. The van der Waals surface area contributed by atoms with Crippen molar-refractivity contribution in [2.75, 3.05) is 29.4 Å². The number of anilines is 2. The molecule has 0 saturated carbocycles. The van der Waals surface area contributed by atoms with E-state index in [0.717, 1.165) is 69.1 Å². The van der Waals surface area contributed by atoms with Crippen LogP contribution in [0, 0.1) is 0 Å². The molecule has 7 heteroatoms. The standard InChI is InChI=1S/C26H34N6O/c1-18-17-31(12-13-32(18)24-16-27-23(15-28-24)26(2,3)33)25-21-11-7-10-20(21)22(29-30-25)14-19-8-5-4-6-9-19/h5,8-9,15-16,18,33H,4,6-7,10-14,17H2,1-3H3/t18-/m1/s1. The van der Waals surface area contributed by atoms with E-state index >= 15 is 0 Å². The van der Waals surface area contributed by atoms with Gasteiger partial charge in [-0.3, -0.25) is 4.98 Å². The lowest BCUT2D eigenvalue weighted by atomic mass is 9.99. The van der Waals surface area contributed by atoms with Crippen LogP contribution in [0.2, 0.25) is 0 Å². The lowest BCUT2D eigenvalue weighted by Crippen LogP contribution is -2.53. The minimum atomic E-state index is -0.981. The van der Waals surface area contributed by atoms with Crippen molar-refractivity contribution in [3.63, 3.8) is 0 Å². The van der Waals surface area contributed by atoms with Gasteiger partial charge in [0.1, 0.15) is 11.4 Å². The Balaban J connectivity index is 1.32. The quantitative estimate of drug-likeness (QED) is 0.753. The molecule has 2 aromatic heterocycles. The Bertz CT molecular complexity index is 1070. The molecule has 1 saturated heterocycles. The fourth-order valence-corrected chi connectivity index (χ4v) is 5.20. The van der Waals surface area contributed by atoms with Gasteiger partial charge >= 0.3 is 0 Å². The number of hydrogen-bond acceptors (Lipinski definition) is 7. The molecule has 33 heavy (non-hydrogen) atoms. The van der Waals surface area contributed by atoms with Gasteiger partial charge in [0.25, 0.3) is 0 Å². The third kappa shape index (κ3) is 4.51. The summed E-state index contributed by atoms with van der Waals surface area (Å²) < 4.78 is 0. The van der Waals surface area contributed by atoms with Crippen molar-refractivity contribution in [2.24, 2.45) is 0 Å². The van der Waals surface area contributed by atoms with E-state index in [-0.39, 0.29) is 6.04 Å². The van der Waals surface area contributed by atoms with Gasteiger partial charge in [-0.25, -0.2) is 4.98 Å². The summed E-state index contributed by atoms with van der Waals surface area (Å²) in [5.41, 5.74) is 4.99. The maximum atomic E-state index is 10.1. The highest BCUT2D eigenvalue weighted by molar-refractivity contribution is 5.55. The molecule has 3 aliphatic rings. The third-order valence-corrected chi connectivity index (χ3v) is 7.03. The van der Waals surface area contributed by atoms with Crippen molar-refractivity contribution in [2.45, 2.75) is 70.9 Å². The number of fused-ring (bicyclic) bond motifs is 1. The summed E-state index contributed by atoms with van der Waals surface area (Å²) in [6.07, 6.45) is 16.9. The number of nitrogens with zero attached hydrogens (tertiary/aromatic N) is 6. The first-order valence-electron chi connectivity index (χ1n) is 12.2. The van der Waals surface area contributed by atoms with Gasteiger partial charge in [0.15, 0.2) is 5.82 Å². The number of aliphatic hydroxyl groups is 1. The fraction of sp³-hybridized carbons (Fsp3) is 0.538. The largest absolute Gasteiger partial charge is 0.384 e. The molecule has 2 aliphatic carbocycles. The van der Waals surface area contributed by atoms with E-state index in [0.29, 0.717) is 5.69 Å². The first-order chi connectivity index (χ1) is 15.9. The van der Waals surface area contributed by atoms with Crippen LogP contribution in [0.4, 0.5) is 11.6 Å². The Labute approximate surface area is 196 Å². The molecule has 0 radical (unpaired) electrons. The fourth-order valence-electron chi connectivity index (χ4n) is 5.20. The van der Waals surface area contributed by atoms with Gasteiger partial charge in [0.05, 0.1) is 23.8 Å². The summed E-state index contributed by atoms with van der Waals surface area (Å²) in [7, 11) is 0. The predicted octanol–water partition coefficient (Wildman–Crippen LogP) is 3.52. The molecule has 5 rings (SSSR count). The number of allylic oxidation sites excluding steroid dienone is 4. The summed E-state index contributed by atoms with van der Waals surface area (Å²) in [5, 5.41) is 19.6. The average molecular weight is 447 g/mol. The summed E-state index contributed by atoms with van der Waals surface area (Å²) in [5.74, 6) is 1.94. The zero-order valence-electron chi connectivity index (χ0n) is 20.0. The Kier molecular flexibility index (Phi) is 5.91. The molecular weight excluding hydrogens is 412 g/mol. The van der Waals surface area contributed by atoms with Crippen molar-refractivity contribution in [1.29, 1.82) is 0 Å². The van der Waals surface area contributed by atoms with E-state index in [9.17, 15) is 5.11 Å². The highest BCUT2D eigenvalue weighted by atomic mass is 16.3. The van der Waals surface area contributed by atoms with Crippen LogP contribution in [-0.4, -0.2) is 50.9 Å². The summed E-state index contributed by atoms with van der Waals surface area (Å²) in [6.45, 7) is 8.30. The van der Waals surface area contributed by atoms with Gasteiger partial charge in [-0.2, -0.15) is 5.10 Å². The third-order valence-electron chi connectivity index (χ3n) is 7.03. The molecule has 1 fully saturated rings. The normalized spacial score (nSPS) is 20.7. The number of aromatic nitrogens is 4. The molecule has 0 bridgehead atoms. The van der Waals surface area contributed by atoms with E-state index < -0.39 is 5.60 Å². The van der Waals surface area contributed by atoms with Gasteiger partial charge in [-0.15, -0.1) is 5.10 Å². The molecule has 0 aromatic carbocycles. The van der Waals surface area contributed by atoms with Crippen molar-refractivity contribution in [3.05, 3.63) is 58.7 Å². The van der Waals surface area contributed by atoms with Crippen LogP contribution in [0.25, 0.3) is 0 Å². The molecule has 0 amide bonds. The summed E-state index contributed by atoms with van der Waals surface area (Å²) in [6, 6.07) is 0.275. The van der Waals surface area contributed by atoms with Crippen molar-refractivity contribution in [1.82, 2.24) is 20.2 Å². The highest BCUT2D eigenvalue weighted by Crippen LogP contribution is 2.33. The minimum absolute atomic E-state index is 0.275. The van der Waals surface area contributed by atoms with Crippen LogP contribution in [-0.2, 0) is 24.9 Å². The number of piperazine rings is 1. The number of rotatable bonds is 5. The molecule has 1 atom stereocenters. The Morgan fingerprint density at radius 3 is 2.61 bits per heavy atom. The number of hydrogen-bond donors (Lipinski definition) is 1. The van der Waals surface area contributed by atoms with Crippen LogP contribution in [0.3, 0.4) is 0 Å². The second kappa shape index (κ2) is 8.86. The molecule has 174 valence electrons. The predicted molar refractivity (Wildman–Crippen MR) is 131 cm³/mol. The van der Waals surface area contributed by atoms with E-state index in [1.54, 1.807) is 26.2 Å². The van der Waals surface area contributed by atoms with Gasteiger partial charge < -0.3 is 14.9 Å². The SMILES string of the molecule is C[C@@H]1CN(c2nnc(CC3=CCCC=C3)c3c2CCC3)CCN1c1cnc(C(C)(C)O)cn1. The molecule has 0 spiro atoms. The molecule has 0 unspecified atom stereocenters. The highest BCUT2D eigenvalue weighted by Gasteiger charge is 2.30. The average Bonchev–Trinajstić information content (AvgIpc) is 3.30. The molecule has 7 nitrogen and oxygen atoms in total. The zero-order chi connectivity index (χ0) is 23.0.